The molecule has 1 atom stereocenters. The SMILES string of the molecule is CCNC(C=C(C)C)Cc1cccc2ccccc12. The molecular formula is C18H23N. The minimum absolute atomic E-state index is 0.417. The van der Waals surface area contributed by atoms with Crippen LogP contribution in [0.3, 0.4) is 0 Å². The van der Waals surface area contributed by atoms with Gasteiger partial charge in [0.2, 0.25) is 0 Å². The zero-order valence-corrected chi connectivity index (χ0v) is 12.1. The number of nitrogens with one attached hydrogen (secondary N) is 1. The maximum atomic E-state index is 3.55. The van der Waals surface area contributed by atoms with Gasteiger partial charge in [0.05, 0.1) is 0 Å². The van der Waals surface area contributed by atoms with Gasteiger partial charge in [-0.3, -0.25) is 0 Å². The average molecular weight is 253 g/mol. The third-order valence-electron chi connectivity index (χ3n) is 3.32. The first-order chi connectivity index (χ1) is 9.20. The highest BCUT2D eigenvalue weighted by atomic mass is 14.9. The van der Waals surface area contributed by atoms with Crippen LogP contribution in [0.1, 0.15) is 26.3 Å². The van der Waals surface area contributed by atoms with Crippen molar-refractivity contribution in [3.05, 3.63) is 59.7 Å². The molecule has 2 aromatic carbocycles. The van der Waals surface area contributed by atoms with Crippen molar-refractivity contribution in [3.8, 4) is 0 Å². The Morgan fingerprint density at radius 3 is 2.58 bits per heavy atom. The van der Waals surface area contributed by atoms with Crippen LogP contribution in [-0.4, -0.2) is 12.6 Å². The van der Waals surface area contributed by atoms with E-state index >= 15 is 0 Å². The van der Waals surface area contributed by atoms with Crippen molar-refractivity contribution < 1.29 is 0 Å². The molecule has 2 aromatic rings. The summed E-state index contributed by atoms with van der Waals surface area (Å²) < 4.78 is 0. The second kappa shape index (κ2) is 6.53. The third-order valence-corrected chi connectivity index (χ3v) is 3.32. The van der Waals surface area contributed by atoms with E-state index in [0.717, 1.165) is 13.0 Å². The van der Waals surface area contributed by atoms with Crippen molar-refractivity contribution in [1.82, 2.24) is 5.32 Å². The Labute approximate surface area is 116 Å². The summed E-state index contributed by atoms with van der Waals surface area (Å²) in [6.45, 7) is 7.48. The van der Waals surface area contributed by atoms with Crippen LogP contribution in [0, 0.1) is 0 Å². The maximum absolute atomic E-state index is 3.55. The fourth-order valence-electron chi connectivity index (χ4n) is 2.56. The molecule has 1 N–H and O–H groups in total. The molecule has 0 amide bonds. The molecule has 0 aromatic heterocycles. The van der Waals surface area contributed by atoms with Crippen LogP contribution in [0.5, 0.6) is 0 Å². The molecular weight excluding hydrogens is 230 g/mol. The molecule has 0 aliphatic heterocycles. The van der Waals surface area contributed by atoms with Crippen molar-refractivity contribution >= 4 is 10.8 Å². The highest BCUT2D eigenvalue weighted by Gasteiger charge is 2.07. The quantitative estimate of drug-likeness (QED) is 0.782. The fraction of sp³-hybridized carbons (Fsp3) is 0.333. The smallest absolute Gasteiger partial charge is 0.0292 e. The largest absolute Gasteiger partial charge is 0.310 e. The Bertz CT molecular complexity index is 559. The highest BCUT2D eigenvalue weighted by molar-refractivity contribution is 5.85. The fourth-order valence-corrected chi connectivity index (χ4v) is 2.56. The van der Waals surface area contributed by atoms with Crippen LogP contribution in [0.15, 0.2) is 54.1 Å². The van der Waals surface area contributed by atoms with Crippen LogP contribution in [0.2, 0.25) is 0 Å². The van der Waals surface area contributed by atoms with Gasteiger partial charge in [0.1, 0.15) is 0 Å². The lowest BCUT2D eigenvalue weighted by Gasteiger charge is -2.16. The van der Waals surface area contributed by atoms with Crippen molar-refractivity contribution in [2.24, 2.45) is 0 Å². The highest BCUT2D eigenvalue weighted by Crippen LogP contribution is 2.20. The van der Waals surface area contributed by atoms with Crippen molar-refractivity contribution in [2.75, 3.05) is 6.54 Å². The zero-order chi connectivity index (χ0) is 13.7. The minimum Gasteiger partial charge on any atom is -0.310 e. The third kappa shape index (κ3) is 3.68. The molecule has 100 valence electrons. The average Bonchev–Trinajstić information content (AvgIpc) is 2.39. The summed E-state index contributed by atoms with van der Waals surface area (Å²) in [6, 6.07) is 15.6. The first-order valence-electron chi connectivity index (χ1n) is 7.05. The van der Waals surface area contributed by atoms with Crippen LogP contribution >= 0.6 is 0 Å². The number of benzene rings is 2. The van der Waals surface area contributed by atoms with Crippen molar-refractivity contribution in [2.45, 2.75) is 33.2 Å². The van der Waals surface area contributed by atoms with Crippen LogP contribution in [0.4, 0.5) is 0 Å². The predicted molar refractivity (Wildman–Crippen MR) is 84.5 cm³/mol. The molecule has 19 heavy (non-hydrogen) atoms. The van der Waals surface area contributed by atoms with E-state index in [9.17, 15) is 0 Å². The Balaban J connectivity index is 2.31. The lowest BCUT2D eigenvalue weighted by molar-refractivity contribution is 0.611. The Morgan fingerprint density at radius 2 is 1.84 bits per heavy atom. The number of rotatable bonds is 5. The minimum atomic E-state index is 0.417. The molecule has 0 aliphatic carbocycles. The van der Waals surface area contributed by atoms with Gasteiger partial charge in [0, 0.05) is 6.04 Å². The summed E-state index contributed by atoms with van der Waals surface area (Å²) in [4.78, 5) is 0. The lowest BCUT2D eigenvalue weighted by Crippen LogP contribution is -2.29. The molecule has 0 spiro atoms. The number of likely N-dealkylation sites (N-methyl/N-ethyl adjacent to an activating group) is 1. The normalized spacial score (nSPS) is 12.4. The molecule has 1 nitrogen and oxygen atoms in total. The van der Waals surface area contributed by atoms with Crippen molar-refractivity contribution in [1.29, 1.82) is 0 Å². The molecule has 0 heterocycles. The van der Waals surface area contributed by atoms with Gasteiger partial charge in [-0.15, -0.1) is 0 Å². The van der Waals surface area contributed by atoms with E-state index in [2.05, 4.69) is 74.6 Å². The van der Waals surface area contributed by atoms with Gasteiger partial charge >= 0.3 is 0 Å². The standard InChI is InChI=1S/C18H23N/c1-4-19-17(12-14(2)3)13-16-10-7-9-15-8-5-6-11-18(15)16/h5-12,17,19H,4,13H2,1-3H3. The Hall–Kier alpha value is -1.60. The molecule has 2 rings (SSSR count). The summed E-state index contributed by atoms with van der Waals surface area (Å²) in [5, 5.41) is 6.25. The van der Waals surface area contributed by atoms with Gasteiger partial charge in [-0.05, 0) is 43.1 Å². The van der Waals surface area contributed by atoms with Crippen LogP contribution < -0.4 is 5.32 Å². The number of fused-ring (bicyclic) bond motifs is 1. The first-order valence-corrected chi connectivity index (χ1v) is 7.05. The molecule has 0 saturated carbocycles. The van der Waals surface area contributed by atoms with E-state index in [-0.39, 0.29) is 0 Å². The molecule has 0 radical (unpaired) electrons. The molecule has 0 saturated heterocycles. The van der Waals surface area contributed by atoms with Gasteiger partial charge in [0.15, 0.2) is 0 Å². The lowest BCUT2D eigenvalue weighted by atomic mass is 9.98. The summed E-state index contributed by atoms with van der Waals surface area (Å²) in [5.74, 6) is 0. The summed E-state index contributed by atoms with van der Waals surface area (Å²) in [5.41, 5.74) is 2.78. The van der Waals surface area contributed by atoms with Crippen LogP contribution in [-0.2, 0) is 6.42 Å². The van der Waals surface area contributed by atoms with Gasteiger partial charge in [-0.2, -0.15) is 0 Å². The summed E-state index contributed by atoms with van der Waals surface area (Å²) >= 11 is 0. The molecule has 1 unspecified atom stereocenters. The number of hydrogen-bond acceptors (Lipinski definition) is 1. The van der Waals surface area contributed by atoms with E-state index < -0.39 is 0 Å². The topological polar surface area (TPSA) is 12.0 Å². The van der Waals surface area contributed by atoms with E-state index in [1.165, 1.54) is 21.9 Å². The Morgan fingerprint density at radius 1 is 1.11 bits per heavy atom. The zero-order valence-electron chi connectivity index (χ0n) is 12.1. The molecule has 0 fully saturated rings. The van der Waals surface area contributed by atoms with E-state index in [0.29, 0.717) is 6.04 Å². The second-order valence-corrected chi connectivity index (χ2v) is 5.25. The maximum Gasteiger partial charge on any atom is 0.0292 e. The van der Waals surface area contributed by atoms with Crippen molar-refractivity contribution in [3.63, 3.8) is 0 Å². The summed E-state index contributed by atoms with van der Waals surface area (Å²) in [6.07, 6.45) is 3.37. The van der Waals surface area contributed by atoms with E-state index in [1.54, 1.807) is 0 Å². The monoisotopic (exact) mass is 253 g/mol. The van der Waals surface area contributed by atoms with Gasteiger partial charge < -0.3 is 5.32 Å². The molecule has 0 bridgehead atoms. The van der Waals surface area contributed by atoms with E-state index in [4.69, 9.17) is 0 Å². The van der Waals surface area contributed by atoms with Gasteiger partial charge in [0.25, 0.3) is 0 Å². The molecule has 0 aliphatic rings. The van der Waals surface area contributed by atoms with Gasteiger partial charge in [-0.25, -0.2) is 0 Å². The first kappa shape index (κ1) is 13.8. The van der Waals surface area contributed by atoms with Gasteiger partial charge in [-0.1, -0.05) is 61.0 Å². The Kier molecular flexibility index (Phi) is 4.75. The number of allylic oxidation sites excluding steroid dienone is 1. The van der Waals surface area contributed by atoms with E-state index in [1.807, 2.05) is 0 Å². The summed E-state index contributed by atoms with van der Waals surface area (Å²) in [7, 11) is 0. The second-order valence-electron chi connectivity index (χ2n) is 5.25. The van der Waals surface area contributed by atoms with Crippen LogP contribution in [0.25, 0.3) is 10.8 Å². The predicted octanol–water partition coefficient (Wildman–Crippen LogP) is 4.33. The number of hydrogen-bond donors (Lipinski definition) is 1. The molecule has 1 heteroatoms.